The molecule has 0 aromatic heterocycles. The molecular weight excluding hydrogens is 222 g/mol. The molecule has 0 spiro atoms. The van der Waals surface area contributed by atoms with Gasteiger partial charge in [0.1, 0.15) is 7.11 Å². The third-order valence-corrected chi connectivity index (χ3v) is 2.29. The molecule has 0 radical (unpaired) electrons. The van der Waals surface area contributed by atoms with Crippen molar-refractivity contribution in [3.63, 3.8) is 0 Å². The van der Waals surface area contributed by atoms with Crippen molar-refractivity contribution in [2.24, 2.45) is 11.1 Å². The summed E-state index contributed by atoms with van der Waals surface area (Å²) < 4.78 is 0. The second-order valence-electron chi connectivity index (χ2n) is 3.99. The van der Waals surface area contributed by atoms with Crippen molar-refractivity contribution in [1.29, 1.82) is 0 Å². The van der Waals surface area contributed by atoms with Crippen LogP contribution < -0.4 is 0 Å². The van der Waals surface area contributed by atoms with E-state index in [1.165, 1.54) is 11.1 Å². The summed E-state index contributed by atoms with van der Waals surface area (Å²) in [4.78, 5) is 4.70. The smallest absolute Gasteiger partial charge is 0.106 e. The minimum absolute atomic E-state index is 0.238. The maximum Gasteiger partial charge on any atom is 0.106 e. The maximum atomic E-state index is 4.70. The first kappa shape index (κ1) is 16.4. The summed E-state index contributed by atoms with van der Waals surface area (Å²) in [5, 5.41) is 3.81. The van der Waals surface area contributed by atoms with Crippen molar-refractivity contribution in [2.45, 2.75) is 34.1 Å². The van der Waals surface area contributed by atoms with Crippen LogP contribution in [0.2, 0.25) is 0 Å². The molecule has 0 rings (SSSR count). The highest BCUT2D eigenvalue weighted by Crippen LogP contribution is 2.17. The molecule has 0 bridgehead atoms. The molecule has 0 N–H and O–H groups in total. The van der Waals surface area contributed by atoms with Crippen LogP contribution in [-0.2, 0) is 4.84 Å². The van der Waals surface area contributed by atoms with Crippen LogP contribution in [-0.4, -0.2) is 13.3 Å². The van der Waals surface area contributed by atoms with Crippen molar-refractivity contribution < 1.29 is 4.84 Å². The first-order valence-electron chi connectivity index (χ1n) is 6.43. The minimum Gasteiger partial charge on any atom is -0.399 e. The van der Waals surface area contributed by atoms with Gasteiger partial charge in [-0.2, -0.15) is 0 Å². The summed E-state index contributed by atoms with van der Waals surface area (Å²) in [6.45, 7) is 8.30. The number of hydrogen-bond acceptors (Lipinski definition) is 2. The van der Waals surface area contributed by atoms with Crippen LogP contribution in [0.5, 0.6) is 0 Å². The Labute approximate surface area is 111 Å². The lowest BCUT2D eigenvalue weighted by molar-refractivity contribution is 0.214. The van der Waals surface area contributed by atoms with Gasteiger partial charge in [-0.05, 0) is 31.4 Å². The zero-order chi connectivity index (χ0) is 13.8. The molecular formula is C16H25NO. The van der Waals surface area contributed by atoms with Gasteiger partial charge in [-0.15, -0.1) is 0 Å². The Morgan fingerprint density at radius 1 is 1.17 bits per heavy atom. The highest BCUT2D eigenvalue weighted by Gasteiger charge is 2.01. The number of nitrogens with zero attached hydrogens (tertiary/aromatic N) is 1. The molecule has 0 aromatic rings. The first-order valence-corrected chi connectivity index (χ1v) is 6.43. The molecule has 18 heavy (non-hydrogen) atoms. The summed E-state index contributed by atoms with van der Waals surface area (Å²) in [5.74, 6) is 0.238. The van der Waals surface area contributed by atoms with Crippen molar-refractivity contribution in [1.82, 2.24) is 0 Å². The molecule has 2 nitrogen and oxygen atoms in total. The molecule has 0 fully saturated rings. The van der Waals surface area contributed by atoms with Gasteiger partial charge in [0, 0.05) is 5.92 Å². The summed E-state index contributed by atoms with van der Waals surface area (Å²) in [6, 6.07) is 0. The SMILES string of the molecule is C\C=C/C(=C/CC)C(/C=C\C)=C\C(C)/C=N/OC. The highest BCUT2D eigenvalue weighted by molar-refractivity contribution is 5.63. The predicted octanol–water partition coefficient (Wildman–Crippen LogP) is 4.67. The molecule has 0 saturated carbocycles. The number of oxime groups is 1. The van der Waals surface area contributed by atoms with Gasteiger partial charge in [-0.3, -0.25) is 0 Å². The fourth-order valence-electron chi connectivity index (χ4n) is 1.59. The molecule has 0 saturated heterocycles. The van der Waals surface area contributed by atoms with Crippen molar-refractivity contribution in [2.75, 3.05) is 7.11 Å². The van der Waals surface area contributed by atoms with E-state index < -0.39 is 0 Å². The van der Waals surface area contributed by atoms with Crippen molar-refractivity contribution in [3.05, 3.63) is 47.6 Å². The van der Waals surface area contributed by atoms with E-state index in [1.807, 2.05) is 13.8 Å². The number of allylic oxidation sites excluding steroid dienone is 8. The van der Waals surface area contributed by atoms with Crippen LogP contribution >= 0.6 is 0 Å². The van der Waals surface area contributed by atoms with E-state index in [-0.39, 0.29) is 5.92 Å². The topological polar surface area (TPSA) is 21.6 Å². The van der Waals surface area contributed by atoms with Crippen molar-refractivity contribution >= 4 is 6.21 Å². The molecule has 0 aliphatic rings. The van der Waals surface area contributed by atoms with E-state index in [0.717, 1.165) is 6.42 Å². The van der Waals surface area contributed by atoms with E-state index in [0.29, 0.717) is 0 Å². The molecule has 100 valence electrons. The Balaban J connectivity index is 5.20. The molecule has 0 heterocycles. The van der Waals surface area contributed by atoms with Gasteiger partial charge in [0.25, 0.3) is 0 Å². The van der Waals surface area contributed by atoms with Crippen LogP contribution in [0.15, 0.2) is 52.8 Å². The average Bonchev–Trinajstić information content (AvgIpc) is 2.35. The zero-order valence-electron chi connectivity index (χ0n) is 12.2. The molecule has 2 heteroatoms. The molecule has 0 aromatic carbocycles. The van der Waals surface area contributed by atoms with E-state index >= 15 is 0 Å². The number of rotatable bonds is 7. The lowest BCUT2D eigenvalue weighted by Crippen LogP contribution is -1.95. The Morgan fingerprint density at radius 3 is 2.28 bits per heavy atom. The van der Waals surface area contributed by atoms with Crippen LogP contribution in [0.4, 0.5) is 0 Å². The monoisotopic (exact) mass is 247 g/mol. The van der Waals surface area contributed by atoms with Gasteiger partial charge in [0.05, 0.1) is 6.21 Å². The fraction of sp³-hybridized carbons (Fsp3) is 0.438. The lowest BCUT2D eigenvalue weighted by Gasteiger charge is -2.06. The third-order valence-electron chi connectivity index (χ3n) is 2.29. The lowest BCUT2D eigenvalue weighted by atomic mass is 9.99. The van der Waals surface area contributed by atoms with Gasteiger partial charge in [0.15, 0.2) is 0 Å². The van der Waals surface area contributed by atoms with Gasteiger partial charge in [0.2, 0.25) is 0 Å². The quantitative estimate of drug-likeness (QED) is 0.364. The van der Waals surface area contributed by atoms with Crippen LogP contribution in [0.25, 0.3) is 0 Å². The first-order chi connectivity index (χ1) is 8.69. The van der Waals surface area contributed by atoms with Gasteiger partial charge in [-0.25, -0.2) is 0 Å². The standard InChI is InChI=1S/C16H25NO/c1-6-9-15(10-7-2)16(11-8-3)12-14(4)13-17-18-5/h6,8-14H,7H2,1-5H3/b9-6-,11-8-,15-10-,16-12-,17-13+. The maximum absolute atomic E-state index is 4.70. The highest BCUT2D eigenvalue weighted by atomic mass is 16.6. The molecule has 0 amide bonds. The second-order valence-corrected chi connectivity index (χ2v) is 3.99. The van der Waals surface area contributed by atoms with E-state index in [9.17, 15) is 0 Å². The summed E-state index contributed by atoms with van der Waals surface area (Å²) in [7, 11) is 1.56. The molecule has 1 unspecified atom stereocenters. The Kier molecular flexibility index (Phi) is 9.65. The van der Waals surface area contributed by atoms with Crippen LogP contribution in [0, 0.1) is 5.92 Å². The van der Waals surface area contributed by atoms with E-state index in [4.69, 9.17) is 4.84 Å². The van der Waals surface area contributed by atoms with Gasteiger partial charge in [-0.1, -0.05) is 55.5 Å². The van der Waals surface area contributed by atoms with Gasteiger partial charge < -0.3 is 4.84 Å². The minimum atomic E-state index is 0.238. The van der Waals surface area contributed by atoms with Gasteiger partial charge >= 0.3 is 0 Å². The van der Waals surface area contributed by atoms with Crippen molar-refractivity contribution in [3.8, 4) is 0 Å². The Morgan fingerprint density at radius 2 is 1.78 bits per heavy atom. The van der Waals surface area contributed by atoms with Crippen LogP contribution in [0.3, 0.4) is 0 Å². The summed E-state index contributed by atoms with van der Waals surface area (Å²) in [6.07, 6.45) is 15.6. The normalized spacial score (nSPS) is 16.1. The zero-order valence-corrected chi connectivity index (χ0v) is 12.2. The molecule has 0 aliphatic heterocycles. The van der Waals surface area contributed by atoms with Crippen LogP contribution in [0.1, 0.15) is 34.1 Å². The summed E-state index contributed by atoms with van der Waals surface area (Å²) in [5.41, 5.74) is 2.46. The largest absolute Gasteiger partial charge is 0.399 e. The van der Waals surface area contributed by atoms with E-state index in [1.54, 1.807) is 13.3 Å². The Bertz CT molecular complexity index is 359. The average molecular weight is 247 g/mol. The fourth-order valence-corrected chi connectivity index (χ4v) is 1.59. The second kappa shape index (κ2) is 10.6. The predicted molar refractivity (Wildman–Crippen MR) is 80.8 cm³/mol. The molecule has 0 aliphatic carbocycles. The van der Waals surface area contributed by atoms with E-state index in [2.05, 4.69) is 55.5 Å². The molecule has 1 atom stereocenters. The third kappa shape index (κ3) is 6.89. The Hall–Kier alpha value is -1.57. The number of hydrogen-bond donors (Lipinski definition) is 0. The summed E-state index contributed by atoms with van der Waals surface area (Å²) >= 11 is 0.